The maximum absolute atomic E-state index is 13.7. The minimum Gasteiger partial charge on any atom is -0.460 e. The number of benzene rings is 3. The first kappa shape index (κ1) is 22.6. The Kier molecular flexibility index (Phi) is 6.44. The zero-order valence-electron chi connectivity index (χ0n) is 19.2. The van der Waals surface area contributed by atoms with E-state index in [0.717, 1.165) is 27.6 Å². The highest BCUT2D eigenvalue weighted by Crippen LogP contribution is 2.29. The maximum Gasteiger partial charge on any atom is 0.317 e. The molecule has 0 radical (unpaired) electrons. The normalized spacial score (nSPS) is 18.1. The molecule has 0 aliphatic carbocycles. The molecular formula is C29H26N2O4. The van der Waals surface area contributed by atoms with Crippen LogP contribution in [0.25, 0.3) is 10.9 Å². The summed E-state index contributed by atoms with van der Waals surface area (Å²) in [5, 5.41) is 1.00. The number of H-pyrrole nitrogens is 1. The zero-order valence-corrected chi connectivity index (χ0v) is 19.2. The van der Waals surface area contributed by atoms with Gasteiger partial charge in [0.05, 0.1) is 6.04 Å². The number of carbonyl (C=O) groups is 3. The fourth-order valence-corrected chi connectivity index (χ4v) is 4.68. The highest BCUT2D eigenvalue weighted by Gasteiger charge is 2.45. The molecule has 2 atom stereocenters. The van der Waals surface area contributed by atoms with Gasteiger partial charge in [0.25, 0.3) is 0 Å². The van der Waals surface area contributed by atoms with Gasteiger partial charge < -0.3 is 14.6 Å². The molecule has 1 N–H and O–H groups in total. The van der Waals surface area contributed by atoms with Gasteiger partial charge in [-0.05, 0) is 22.8 Å². The molecule has 3 aromatic carbocycles. The highest BCUT2D eigenvalue weighted by atomic mass is 16.5. The Morgan fingerprint density at radius 1 is 0.886 bits per heavy atom. The van der Waals surface area contributed by atoms with E-state index in [2.05, 4.69) is 4.98 Å². The van der Waals surface area contributed by atoms with Crippen molar-refractivity contribution in [2.24, 2.45) is 5.92 Å². The van der Waals surface area contributed by atoms with Crippen LogP contribution in [0.15, 0.2) is 91.1 Å². The lowest BCUT2D eigenvalue weighted by atomic mass is 9.85. The lowest BCUT2D eigenvalue weighted by Crippen LogP contribution is -2.55. The van der Waals surface area contributed by atoms with Gasteiger partial charge in [-0.25, -0.2) is 0 Å². The Balaban J connectivity index is 1.41. The van der Waals surface area contributed by atoms with Gasteiger partial charge in [-0.15, -0.1) is 0 Å². The van der Waals surface area contributed by atoms with Crippen LogP contribution in [0, 0.1) is 5.92 Å². The summed E-state index contributed by atoms with van der Waals surface area (Å²) in [4.78, 5) is 44.8. The van der Waals surface area contributed by atoms with Crippen LogP contribution in [0.4, 0.5) is 0 Å². The predicted molar refractivity (Wildman–Crippen MR) is 132 cm³/mol. The summed E-state index contributed by atoms with van der Waals surface area (Å²) in [7, 11) is 0. The number of aromatic nitrogens is 1. The monoisotopic (exact) mass is 466 g/mol. The van der Waals surface area contributed by atoms with E-state index in [1.807, 2.05) is 91.1 Å². The van der Waals surface area contributed by atoms with Gasteiger partial charge in [0.15, 0.2) is 5.78 Å². The largest absolute Gasteiger partial charge is 0.460 e. The molecule has 35 heavy (non-hydrogen) atoms. The predicted octanol–water partition coefficient (Wildman–Crippen LogP) is 4.44. The number of amides is 1. The Hall–Kier alpha value is -4.19. The van der Waals surface area contributed by atoms with E-state index in [-0.39, 0.29) is 24.7 Å². The van der Waals surface area contributed by atoms with Crippen molar-refractivity contribution in [3.05, 3.63) is 108 Å². The van der Waals surface area contributed by atoms with Crippen LogP contribution in [-0.2, 0) is 38.7 Å². The number of esters is 1. The average molecular weight is 467 g/mol. The van der Waals surface area contributed by atoms with Crippen LogP contribution in [-0.4, -0.2) is 33.6 Å². The van der Waals surface area contributed by atoms with Crippen LogP contribution in [0.2, 0.25) is 0 Å². The summed E-state index contributed by atoms with van der Waals surface area (Å²) in [6, 6.07) is 26.0. The first-order valence-electron chi connectivity index (χ1n) is 11.7. The molecule has 2 unspecified atom stereocenters. The molecule has 0 saturated carbocycles. The van der Waals surface area contributed by atoms with E-state index in [0.29, 0.717) is 13.0 Å². The van der Waals surface area contributed by atoms with Crippen molar-refractivity contribution in [1.82, 2.24) is 9.88 Å². The number of hydrogen-bond donors (Lipinski definition) is 1. The number of aromatic amines is 1. The van der Waals surface area contributed by atoms with Crippen molar-refractivity contribution in [2.75, 3.05) is 0 Å². The summed E-state index contributed by atoms with van der Waals surface area (Å²) >= 11 is 0. The number of likely N-dealkylation sites (tertiary alicyclic amines) is 1. The topological polar surface area (TPSA) is 79.5 Å². The molecule has 176 valence electrons. The molecule has 6 heteroatoms. The minimum atomic E-state index is -1.10. The second-order valence-electron chi connectivity index (χ2n) is 8.84. The molecular weight excluding hydrogens is 440 g/mol. The lowest BCUT2D eigenvalue weighted by molar-refractivity contribution is -0.163. The molecule has 0 bridgehead atoms. The van der Waals surface area contributed by atoms with Crippen LogP contribution < -0.4 is 0 Å². The molecule has 4 aromatic rings. The molecule has 1 aromatic heterocycles. The Labute approximate surface area is 203 Å². The van der Waals surface area contributed by atoms with Gasteiger partial charge in [-0.2, -0.15) is 0 Å². The Morgan fingerprint density at radius 2 is 1.54 bits per heavy atom. The van der Waals surface area contributed by atoms with Crippen LogP contribution in [0.1, 0.15) is 23.1 Å². The molecule has 1 saturated heterocycles. The van der Waals surface area contributed by atoms with Crippen LogP contribution in [0.3, 0.4) is 0 Å². The van der Waals surface area contributed by atoms with Crippen molar-refractivity contribution in [3.8, 4) is 0 Å². The van der Waals surface area contributed by atoms with E-state index >= 15 is 0 Å². The third-order valence-electron chi connectivity index (χ3n) is 6.54. The van der Waals surface area contributed by atoms with Gasteiger partial charge in [0.1, 0.15) is 12.5 Å². The van der Waals surface area contributed by atoms with Crippen molar-refractivity contribution < 1.29 is 19.1 Å². The van der Waals surface area contributed by atoms with Gasteiger partial charge >= 0.3 is 5.97 Å². The zero-order chi connectivity index (χ0) is 24.2. The maximum atomic E-state index is 13.7. The second-order valence-corrected chi connectivity index (χ2v) is 8.84. The number of Topliss-reactive ketones (excluding diaryl/α,β-unsaturated/α-hetero) is 1. The highest BCUT2D eigenvalue weighted by molar-refractivity contribution is 6.08. The van der Waals surface area contributed by atoms with Gasteiger partial charge in [-0.1, -0.05) is 78.9 Å². The first-order chi connectivity index (χ1) is 17.1. The average Bonchev–Trinajstić information content (AvgIpc) is 3.30. The van der Waals surface area contributed by atoms with Crippen molar-refractivity contribution in [2.45, 2.75) is 32.0 Å². The van der Waals surface area contributed by atoms with E-state index < -0.39 is 17.9 Å². The number of ketones is 1. The minimum absolute atomic E-state index is 0.0679. The number of para-hydroxylation sites is 1. The number of nitrogens with zero attached hydrogens (tertiary/aromatic N) is 1. The number of ether oxygens (including phenoxy) is 1. The molecule has 6 nitrogen and oxygen atoms in total. The van der Waals surface area contributed by atoms with E-state index in [1.165, 1.54) is 0 Å². The summed E-state index contributed by atoms with van der Waals surface area (Å²) in [5.74, 6) is -2.24. The third-order valence-corrected chi connectivity index (χ3v) is 6.54. The molecule has 2 heterocycles. The molecule has 1 aliphatic rings. The molecule has 0 spiro atoms. The van der Waals surface area contributed by atoms with E-state index in [9.17, 15) is 14.4 Å². The Morgan fingerprint density at radius 3 is 2.29 bits per heavy atom. The summed E-state index contributed by atoms with van der Waals surface area (Å²) < 4.78 is 5.46. The lowest BCUT2D eigenvalue weighted by Gasteiger charge is -2.37. The SMILES string of the molecule is O=C(OCc1ccccc1)C1CC(=O)N(Cc2ccccc2)C(Cc2c[nH]c3ccccc23)C1=O. The number of piperidine rings is 1. The van der Waals surface area contributed by atoms with Crippen molar-refractivity contribution >= 4 is 28.6 Å². The van der Waals surface area contributed by atoms with E-state index in [4.69, 9.17) is 4.74 Å². The summed E-state index contributed by atoms with van der Waals surface area (Å²) in [5.41, 5.74) is 3.66. The smallest absolute Gasteiger partial charge is 0.317 e. The molecule has 1 aliphatic heterocycles. The fraction of sp³-hybridized carbons (Fsp3) is 0.207. The summed E-state index contributed by atoms with van der Waals surface area (Å²) in [6.07, 6.45) is 2.02. The first-order valence-corrected chi connectivity index (χ1v) is 11.7. The number of carbonyl (C=O) groups excluding carboxylic acids is 3. The third kappa shape index (κ3) is 4.87. The fourth-order valence-electron chi connectivity index (χ4n) is 4.68. The van der Waals surface area contributed by atoms with Gasteiger partial charge in [-0.3, -0.25) is 14.4 Å². The summed E-state index contributed by atoms with van der Waals surface area (Å²) in [6.45, 7) is 0.378. The number of nitrogens with one attached hydrogen (secondary N) is 1. The molecule has 1 fully saturated rings. The number of rotatable bonds is 7. The van der Waals surface area contributed by atoms with E-state index in [1.54, 1.807) is 4.90 Å². The number of hydrogen-bond acceptors (Lipinski definition) is 4. The van der Waals surface area contributed by atoms with Crippen molar-refractivity contribution in [3.63, 3.8) is 0 Å². The standard InChI is InChI=1S/C29H26N2O4/c32-27-16-24(29(34)35-19-21-11-5-2-6-12-21)28(33)26(31(27)18-20-9-3-1-4-10-20)15-22-17-30-25-14-8-7-13-23(22)25/h1-14,17,24,26,30H,15-16,18-19H2. The second kappa shape index (κ2) is 9.97. The Bertz CT molecular complexity index is 1350. The van der Waals surface area contributed by atoms with Gasteiger partial charge in [0.2, 0.25) is 5.91 Å². The van der Waals surface area contributed by atoms with Crippen molar-refractivity contribution in [1.29, 1.82) is 0 Å². The van der Waals surface area contributed by atoms with Crippen LogP contribution >= 0.6 is 0 Å². The number of fused-ring (bicyclic) bond motifs is 1. The van der Waals surface area contributed by atoms with Crippen LogP contribution in [0.5, 0.6) is 0 Å². The van der Waals surface area contributed by atoms with Gasteiger partial charge in [0, 0.05) is 36.5 Å². The molecule has 5 rings (SSSR count). The quantitative estimate of drug-likeness (QED) is 0.323. The molecule has 1 amide bonds.